The standard InChI is InChI=1S/C37H55ClN2O5S/c1-8-26(9-2)12-14-28(23-46(43,44)33-20-24(3)31(38)19-25(33)4)35-30-21-27(13-15-32(30)45-37(5,6)36(35)42)22-34(41)39-17-16-29-11-10-18-40(29)7/h13,15,19-21,26,28-29,35-36,42H,8-12,14,16-18,22-23H2,1-7H3,(H,39,41)/t28?,29?,35-,36+/m1/s1. The number of hydrogen-bond acceptors (Lipinski definition) is 6. The maximum absolute atomic E-state index is 14.1. The van der Waals surface area contributed by atoms with Crippen LogP contribution >= 0.6 is 11.6 Å². The van der Waals surface area contributed by atoms with E-state index in [0.29, 0.717) is 41.3 Å². The number of aliphatic hydroxyl groups is 1. The van der Waals surface area contributed by atoms with Crippen molar-refractivity contribution < 1.29 is 23.1 Å². The van der Waals surface area contributed by atoms with Gasteiger partial charge in [0.05, 0.1) is 17.1 Å². The minimum atomic E-state index is -3.73. The zero-order valence-electron chi connectivity index (χ0n) is 28.9. The van der Waals surface area contributed by atoms with Gasteiger partial charge in [-0.15, -0.1) is 0 Å². The van der Waals surface area contributed by atoms with Crippen molar-refractivity contribution in [2.45, 2.75) is 121 Å². The largest absolute Gasteiger partial charge is 0.485 e. The molecule has 2 heterocycles. The van der Waals surface area contributed by atoms with E-state index in [2.05, 4.69) is 31.1 Å². The van der Waals surface area contributed by atoms with Crippen molar-refractivity contribution in [2.75, 3.05) is 25.9 Å². The van der Waals surface area contributed by atoms with Gasteiger partial charge < -0.3 is 20.1 Å². The summed E-state index contributed by atoms with van der Waals surface area (Å²) in [5.74, 6) is 0.0941. The summed E-state index contributed by atoms with van der Waals surface area (Å²) in [6.45, 7) is 13.4. The van der Waals surface area contributed by atoms with Crippen LogP contribution in [0.2, 0.25) is 5.02 Å². The zero-order valence-corrected chi connectivity index (χ0v) is 30.4. The number of aliphatic hydroxyl groups excluding tert-OH is 1. The number of carbonyl (C=O) groups excluding carboxylic acids is 1. The molecule has 2 aliphatic heterocycles. The number of benzene rings is 2. The summed E-state index contributed by atoms with van der Waals surface area (Å²) in [6.07, 6.45) is 6.11. The number of sulfone groups is 1. The third-order valence-corrected chi connectivity index (χ3v) is 12.9. The van der Waals surface area contributed by atoms with Crippen LogP contribution in [0.25, 0.3) is 0 Å². The van der Waals surface area contributed by atoms with Crippen molar-refractivity contribution in [3.8, 4) is 5.75 Å². The van der Waals surface area contributed by atoms with Crippen molar-refractivity contribution in [2.24, 2.45) is 11.8 Å². The van der Waals surface area contributed by atoms with Gasteiger partial charge in [0.25, 0.3) is 0 Å². The molecule has 4 atom stereocenters. The van der Waals surface area contributed by atoms with Gasteiger partial charge >= 0.3 is 0 Å². The SMILES string of the molecule is CCC(CC)CCC(CS(=O)(=O)c1cc(C)c(Cl)cc1C)[C@@H]1c2cc(CC(=O)NCCC3CCCN3C)ccc2OC(C)(C)[C@H]1O. The van der Waals surface area contributed by atoms with Crippen LogP contribution in [0.1, 0.15) is 101 Å². The Morgan fingerprint density at radius 2 is 1.85 bits per heavy atom. The van der Waals surface area contributed by atoms with E-state index in [1.807, 2.05) is 39.0 Å². The minimum Gasteiger partial charge on any atom is -0.485 e. The normalized spacial score (nSPS) is 22.0. The highest BCUT2D eigenvalue weighted by atomic mass is 35.5. The van der Waals surface area contributed by atoms with Gasteiger partial charge in [-0.05, 0) is 114 Å². The molecule has 0 saturated carbocycles. The van der Waals surface area contributed by atoms with E-state index in [4.69, 9.17) is 16.3 Å². The van der Waals surface area contributed by atoms with Crippen molar-refractivity contribution in [3.63, 3.8) is 0 Å². The zero-order chi connectivity index (χ0) is 33.8. The van der Waals surface area contributed by atoms with Crippen LogP contribution in [0, 0.1) is 25.7 Å². The predicted molar refractivity (Wildman–Crippen MR) is 187 cm³/mol. The Balaban J connectivity index is 1.65. The molecule has 2 aliphatic rings. The molecule has 0 bridgehead atoms. The number of amides is 1. The van der Waals surface area contributed by atoms with E-state index in [1.54, 1.807) is 19.1 Å². The fourth-order valence-corrected chi connectivity index (χ4v) is 9.71. The highest BCUT2D eigenvalue weighted by Gasteiger charge is 2.47. The van der Waals surface area contributed by atoms with Gasteiger partial charge in [0, 0.05) is 29.1 Å². The monoisotopic (exact) mass is 674 g/mol. The molecule has 0 spiro atoms. The van der Waals surface area contributed by atoms with Crippen molar-refractivity contribution in [1.82, 2.24) is 10.2 Å². The van der Waals surface area contributed by atoms with E-state index < -0.39 is 27.5 Å². The summed E-state index contributed by atoms with van der Waals surface area (Å²) < 4.78 is 34.6. The van der Waals surface area contributed by atoms with Crippen LogP contribution in [0.15, 0.2) is 35.2 Å². The fourth-order valence-electron chi connectivity index (χ4n) is 7.46. The number of hydrogen-bond donors (Lipinski definition) is 2. The molecule has 2 N–H and O–H groups in total. The van der Waals surface area contributed by atoms with Gasteiger partial charge in [-0.25, -0.2) is 8.42 Å². The number of aryl methyl sites for hydroxylation is 2. The van der Waals surface area contributed by atoms with E-state index in [0.717, 1.165) is 48.9 Å². The van der Waals surface area contributed by atoms with Crippen LogP contribution in [0.5, 0.6) is 5.75 Å². The van der Waals surface area contributed by atoms with Crippen LogP contribution in [-0.2, 0) is 21.1 Å². The molecule has 256 valence electrons. The molecule has 2 aromatic carbocycles. The Hall–Kier alpha value is -2.13. The number of nitrogens with one attached hydrogen (secondary N) is 1. The second-order valence-electron chi connectivity index (χ2n) is 14.3. The van der Waals surface area contributed by atoms with E-state index in [9.17, 15) is 18.3 Å². The summed E-state index contributed by atoms with van der Waals surface area (Å²) in [7, 11) is -1.59. The topological polar surface area (TPSA) is 95.9 Å². The summed E-state index contributed by atoms with van der Waals surface area (Å²) in [6, 6.07) is 9.64. The van der Waals surface area contributed by atoms with Crippen molar-refractivity contribution >= 4 is 27.3 Å². The predicted octanol–water partition coefficient (Wildman–Crippen LogP) is 7.02. The minimum absolute atomic E-state index is 0.0452. The summed E-state index contributed by atoms with van der Waals surface area (Å²) in [4.78, 5) is 15.6. The first-order valence-corrected chi connectivity index (χ1v) is 19.2. The van der Waals surface area contributed by atoms with Crippen molar-refractivity contribution in [1.29, 1.82) is 0 Å². The molecule has 7 nitrogen and oxygen atoms in total. The highest BCUT2D eigenvalue weighted by Crippen LogP contribution is 2.47. The van der Waals surface area contributed by atoms with Crippen LogP contribution < -0.4 is 10.1 Å². The van der Waals surface area contributed by atoms with E-state index >= 15 is 0 Å². The van der Waals surface area contributed by atoms with Crippen molar-refractivity contribution in [3.05, 3.63) is 57.6 Å². The second-order valence-corrected chi connectivity index (χ2v) is 16.7. The molecule has 1 saturated heterocycles. The van der Waals surface area contributed by atoms with Gasteiger partial charge in [-0.3, -0.25) is 4.79 Å². The maximum Gasteiger partial charge on any atom is 0.224 e. The highest BCUT2D eigenvalue weighted by molar-refractivity contribution is 7.91. The molecule has 2 unspecified atom stereocenters. The lowest BCUT2D eigenvalue weighted by atomic mass is 9.72. The molecular formula is C37H55ClN2O5S. The van der Waals surface area contributed by atoms with Crippen LogP contribution in [-0.4, -0.2) is 68.0 Å². The number of rotatable bonds is 14. The Morgan fingerprint density at radius 3 is 2.50 bits per heavy atom. The number of fused-ring (bicyclic) bond motifs is 1. The number of halogens is 1. The van der Waals surface area contributed by atoms with Gasteiger partial charge in [-0.1, -0.05) is 56.8 Å². The van der Waals surface area contributed by atoms with Gasteiger partial charge in [0.15, 0.2) is 9.84 Å². The van der Waals surface area contributed by atoms with Crippen LogP contribution in [0.3, 0.4) is 0 Å². The Bertz CT molecular complexity index is 1470. The molecule has 1 fully saturated rings. The molecule has 0 radical (unpaired) electrons. The summed E-state index contributed by atoms with van der Waals surface area (Å²) >= 11 is 6.33. The lowest BCUT2D eigenvalue weighted by Gasteiger charge is -2.45. The second kappa shape index (κ2) is 15.4. The lowest BCUT2D eigenvalue weighted by Crippen LogP contribution is -2.51. The van der Waals surface area contributed by atoms with Crippen LogP contribution in [0.4, 0.5) is 0 Å². The number of ether oxygens (including phenoxy) is 1. The average molecular weight is 675 g/mol. The molecule has 0 aliphatic carbocycles. The fraction of sp³-hybridized carbons (Fsp3) is 0.649. The molecule has 0 aromatic heterocycles. The first-order chi connectivity index (χ1) is 21.7. The first kappa shape index (κ1) is 36.7. The van der Waals surface area contributed by atoms with Gasteiger partial charge in [0.2, 0.25) is 5.91 Å². The smallest absolute Gasteiger partial charge is 0.224 e. The molecule has 1 amide bonds. The number of carbonyl (C=O) groups is 1. The Kier molecular flexibility index (Phi) is 12.3. The lowest BCUT2D eigenvalue weighted by molar-refractivity contribution is -0.120. The Labute approximate surface area is 282 Å². The third-order valence-electron chi connectivity index (χ3n) is 10.5. The molecule has 9 heteroatoms. The third kappa shape index (κ3) is 8.66. The quantitative estimate of drug-likeness (QED) is 0.224. The van der Waals surface area contributed by atoms with Gasteiger partial charge in [0.1, 0.15) is 17.5 Å². The number of nitrogens with zero attached hydrogens (tertiary/aromatic N) is 1. The van der Waals surface area contributed by atoms with E-state index in [-0.39, 0.29) is 28.9 Å². The first-order valence-electron chi connectivity index (χ1n) is 17.1. The average Bonchev–Trinajstić information content (AvgIpc) is 3.40. The maximum atomic E-state index is 14.1. The number of likely N-dealkylation sites (tertiary alicyclic amines) is 1. The van der Waals surface area contributed by atoms with E-state index in [1.165, 1.54) is 12.8 Å². The molecule has 46 heavy (non-hydrogen) atoms. The summed E-state index contributed by atoms with van der Waals surface area (Å²) in [5.41, 5.74) is 2.01. The Morgan fingerprint density at radius 1 is 1.13 bits per heavy atom. The summed E-state index contributed by atoms with van der Waals surface area (Å²) in [5, 5.41) is 15.5. The molecule has 4 rings (SSSR count). The molecule has 2 aromatic rings. The molecular weight excluding hydrogens is 620 g/mol. The van der Waals surface area contributed by atoms with Gasteiger partial charge in [-0.2, -0.15) is 0 Å².